The summed E-state index contributed by atoms with van der Waals surface area (Å²) in [6.07, 6.45) is 50.9. The highest BCUT2D eigenvalue weighted by Gasteiger charge is 2.27. The van der Waals surface area contributed by atoms with E-state index < -0.39 is 45.1 Å². The molecule has 0 spiro atoms. The maximum atomic E-state index is 12.7. The van der Waals surface area contributed by atoms with E-state index in [0.717, 1.165) is 44.9 Å². The Morgan fingerprint density at radius 1 is 0.533 bits per heavy atom. The van der Waals surface area contributed by atoms with E-state index in [2.05, 4.69) is 38.2 Å². The molecular formula is C49H94NO9P. The van der Waals surface area contributed by atoms with Crippen LogP contribution in [0.2, 0.25) is 0 Å². The van der Waals surface area contributed by atoms with Crippen LogP contribution in [0.15, 0.2) is 24.3 Å². The first-order valence-corrected chi connectivity index (χ1v) is 26.4. The van der Waals surface area contributed by atoms with Crippen LogP contribution in [0.25, 0.3) is 0 Å². The smallest absolute Gasteiger partial charge is 0.472 e. The quantitative estimate of drug-likeness (QED) is 0.0233. The number of unbranched alkanes of at least 4 members (excludes halogenated alkanes) is 30. The Bertz CT molecular complexity index is 1060. The Morgan fingerprint density at radius 3 is 1.35 bits per heavy atom. The van der Waals surface area contributed by atoms with Gasteiger partial charge in [-0.1, -0.05) is 212 Å². The van der Waals surface area contributed by atoms with Crippen LogP contribution in [-0.4, -0.2) is 60.5 Å². The number of esters is 1. The number of hydrogen-bond acceptors (Lipinski definition) is 8. The molecule has 0 amide bonds. The fraction of sp³-hybridized carbons (Fsp3) is 0.878. The summed E-state index contributed by atoms with van der Waals surface area (Å²) >= 11 is 0. The molecule has 3 unspecified atom stereocenters. The Labute approximate surface area is 368 Å². The minimum absolute atomic E-state index is 0.0206. The van der Waals surface area contributed by atoms with Crippen LogP contribution in [0.1, 0.15) is 239 Å². The summed E-state index contributed by atoms with van der Waals surface area (Å²) in [6, 6.07) is -1.47. The molecule has 0 saturated heterocycles. The number of carboxylic acids is 1. The predicted molar refractivity (Wildman–Crippen MR) is 249 cm³/mol. The van der Waals surface area contributed by atoms with Gasteiger partial charge in [0.05, 0.1) is 19.8 Å². The molecule has 4 N–H and O–H groups in total. The number of rotatable bonds is 48. The van der Waals surface area contributed by atoms with Gasteiger partial charge in [-0.2, -0.15) is 0 Å². The number of ether oxygens (including phenoxy) is 2. The third-order valence-corrected chi connectivity index (χ3v) is 11.9. The molecule has 0 heterocycles. The summed E-state index contributed by atoms with van der Waals surface area (Å²) in [5.41, 5.74) is 5.37. The van der Waals surface area contributed by atoms with Gasteiger partial charge >= 0.3 is 19.8 Å². The molecule has 0 fully saturated rings. The molecular weight excluding hydrogens is 778 g/mol. The van der Waals surface area contributed by atoms with E-state index in [-0.39, 0.29) is 13.0 Å². The van der Waals surface area contributed by atoms with Crippen molar-refractivity contribution in [3.8, 4) is 0 Å². The topological polar surface area (TPSA) is 155 Å². The van der Waals surface area contributed by atoms with Crippen molar-refractivity contribution in [2.45, 2.75) is 251 Å². The molecule has 0 bridgehead atoms. The lowest BCUT2D eigenvalue weighted by Gasteiger charge is -2.20. The second-order valence-electron chi connectivity index (χ2n) is 17.0. The third-order valence-electron chi connectivity index (χ3n) is 11.0. The average Bonchev–Trinajstić information content (AvgIpc) is 3.23. The van der Waals surface area contributed by atoms with Crippen molar-refractivity contribution in [3.63, 3.8) is 0 Å². The van der Waals surface area contributed by atoms with Gasteiger partial charge < -0.3 is 25.2 Å². The molecule has 0 aromatic carbocycles. The molecule has 10 nitrogen and oxygen atoms in total. The van der Waals surface area contributed by atoms with Crippen LogP contribution in [-0.2, 0) is 32.7 Å². The summed E-state index contributed by atoms with van der Waals surface area (Å²) in [6.45, 7) is 3.91. The normalized spacial score (nSPS) is 13.9. The lowest BCUT2D eigenvalue weighted by atomic mass is 10.0. The number of phosphoric ester groups is 1. The van der Waals surface area contributed by atoms with Crippen molar-refractivity contribution in [1.82, 2.24) is 0 Å². The first-order valence-electron chi connectivity index (χ1n) is 24.9. The average molecular weight is 872 g/mol. The van der Waals surface area contributed by atoms with E-state index in [1.807, 2.05) is 0 Å². The maximum Gasteiger partial charge on any atom is 0.472 e. The largest absolute Gasteiger partial charge is 0.480 e. The number of carbonyl (C=O) groups excluding carboxylic acids is 1. The molecule has 0 radical (unpaired) electrons. The van der Waals surface area contributed by atoms with E-state index in [4.69, 9.17) is 29.4 Å². The predicted octanol–water partition coefficient (Wildman–Crippen LogP) is 14.3. The molecule has 354 valence electrons. The minimum atomic E-state index is -4.61. The van der Waals surface area contributed by atoms with E-state index in [1.54, 1.807) is 0 Å². The van der Waals surface area contributed by atoms with E-state index in [1.165, 1.54) is 173 Å². The second kappa shape index (κ2) is 45.5. The molecule has 0 aromatic heterocycles. The Balaban J connectivity index is 4.08. The van der Waals surface area contributed by atoms with Crippen LogP contribution in [0.5, 0.6) is 0 Å². The Morgan fingerprint density at radius 2 is 0.917 bits per heavy atom. The number of aliphatic carboxylic acids is 1. The first kappa shape index (κ1) is 58.5. The number of nitrogens with two attached hydrogens (primary N) is 1. The molecule has 0 aliphatic carbocycles. The van der Waals surface area contributed by atoms with Crippen LogP contribution >= 0.6 is 7.82 Å². The molecule has 0 aliphatic heterocycles. The number of carboxylic acid groups (broad SMARTS) is 1. The van der Waals surface area contributed by atoms with Crippen LogP contribution in [0, 0.1) is 0 Å². The summed E-state index contributed by atoms with van der Waals surface area (Å²) in [5, 5.41) is 8.91. The molecule has 0 rings (SSSR count). The van der Waals surface area contributed by atoms with Crippen molar-refractivity contribution < 1.29 is 42.7 Å². The fourth-order valence-electron chi connectivity index (χ4n) is 7.11. The van der Waals surface area contributed by atoms with Gasteiger partial charge in [0.1, 0.15) is 12.1 Å². The monoisotopic (exact) mass is 872 g/mol. The highest BCUT2D eigenvalue weighted by Crippen LogP contribution is 2.43. The molecule has 0 saturated carbocycles. The number of phosphoric acid groups is 1. The van der Waals surface area contributed by atoms with Crippen LogP contribution < -0.4 is 5.73 Å². The van der Waals surface area contributed by atoms with Crippen molar-refractivity contribution >= 4 is 19.8 Å². The van der Waals surface area contributed by atoms with Gasteiger partial charge in [0, 0.05) is 13.0 Å². The first-order chi connectivity index (χ1) is 29.2. The standard InChI is InChI=1S/C49H94NO9P/c1-3-5-7-9-11-13-15-17-19-20-21-22-23-24-25-26-27-28-30-32-34-36-38-40-42-56-43-46(44-57-60(54,55)58-45-47(50)49(52)53)59-48(51)41-39-37-35-33-31-29-18-16-14-12-10-8-6-4-2/h15,17,20-21,46-47H,3-14,16,18-19,22-45,50H2,1-2H3,(H,52,53)(H,54,55)/b17-15-,21-20-. The van der Waals surface area contributed by atoms with Crippen molar-refractivity contribution in [2.24, 2.45) is 5.73 Å². The van der Waals surface area contributed by atoms with Gasteiger partial charge in [-0.25, -0.2) is 4.57 Å². The van der Waals surface area contributed by atoms with Crippen LogP contribution in [0.3, 0.4) is 0 Å². The Kier molecular flexibility index (Phi) is 44.3. The zero-order valence-electron chi connectivity index (χ0n) is 38.8. The molecule has 60 heavy (non-hydrogen) atoms. The zero-order valence-corrected chi connectivity index (χ0v) is 39.7. The second-order valence-corrected chi connectivity index (χ2v) is 18.4. The van der Waals surface area contributed by atoms with Gasteiger partial charge in [0.15, 0.2) is 0 Å². The molecule has 11 heteroatoms. The SMILES string of the molecule is CCCCCCC/C=C\C/C=C\CCCCCCCCCCCCCCOCC(COP(=O)(O)OCC(N)C(=O)O)OC(=O)CCCCCCCCCCCCCCCC. The van der Waals surface area contributed by atoms with E-state index >= 15 is 0 Å². The molecule has 0 aromatic rings. The van der Waals surface area contributed by atoms with E-state index in [0.29, 0.717) is 6.61 Å². The van der Waals surface area contributed by atoms with Gasteiger partial charge in [-0.3, -0.25) is 18.6 Å². The lowest BCUT2D eigenvalue weighted by molar-refractivity contribution is -0.154. The van der Waals surface area contributed by atoms with E-state index in [9.17, 15) is 19.0 Å². The third kappa shape index (κ3) is 44.5. The molecule has 0 aliphatic rings. The van der Waals surface area contributed by atoms with Crippen molar-refractivity contribution in [2.75, 3.05) is 26.4 Å². The van der Waals surface area contributed by atoms with Crippen LogP contribution in [0.4, 0.5) is 0 Å². The number of carbonyl (C=O) groups is 2. The fourth-order valence-corrected chi connectivity index (χ4v) is 7.88. The minimum Gasteiger partial charge on any atom is -0.480 e. The summed E-state index contributed by atoms with van der Waals surface area (Å²) in [7, 11) is -4.61. The summed E-state index contributed by atoms with van der Waals surface area (Å²) in [5.74, 6) is -1.77. The van der Waals surface area contributed by atoms with Gasteiger partial charge in [-0.15, -0.1) is 0 Å². The highest BCUT2D eigenvalue weighted by molar-refractivity contribution is 7.47. The lowest BCUT2D eigenvalue weighted by Crippen LogP contribution is -2.34. The molecule has 3 atom stereocenters. The van der Waals surface area contributed by atoms with Crippen molar-refractivity contribution in [3.05, 3.63) is 24.3 Å². The summed E-state index contributed by atoms with van der Waals surface area (Å²) < 4.78 is 33.5. The summed E-state index contributed by atoms with van der Waals surface area (Å²) in [4.78, 5) is 33.6. The van der Waals surface area contributed by atoms with Gasteiger partial charge in [0.25, 0.3) is 0 Å². The number of allylic oxidation sites excluding steroid dienone is 4. The van der Waals surface area contributed by atoms with Gasteiger partial charge in [-0.05, 0) is 44.9 Å². The van der Waals surface area contributed by atoms with Gasteiger partial charge in [0.2, 0.25) is 0 Å². The maximum absolute atomic E-state index is 12.7. The highest BCUT2D eigenvalue weighted by atomic mass is 31.2. The number of hydrogen-bond donors (Lipinski definition) is 3. The Hall–Kier alpha value is -1.55. The van der Waals surface area contributed by atoms with Crippen molar-refractivity contribution in [1.29, 1.82) is 0 Å². The zero-order chi connectivity index (χ0) is 44.0.